The molecular formula is C18H20N6S. The van der Waals surface area contributed by atoms with Crippen molar-refractivity contribution < 1.29 is 0 Å². The van der Waals surface area contributed by atoms with Gasteiger partial charge in [-0.3, -0.25) is 0 Å². The fraction of sp³-hybridized carbons (Fsp3) is 0.278. The maximum absolute atomic E-state index is 4.85. The third-order valence-corrected chi connectivity index (χ3v) is 5.40. The average molecular weight is 352 g/mol. The Balaban J connectivity index is 1.68. The zero-order valence-corrected chi connectivity index (χ0v) is 15.3. The van der Waals surface area contributed by atoms with Crippen molar-refractivity contribution in [1.82, 2.24) is 19.5 Å². The first-order chi connectivity index (χ1) is 12.2. The van der Waals surface area contributed by atoms with Crippen molar-refractivity contribution in [2.24, 2.45) is 7.05 Å². The second-order valence-electron chi connectivity index (χ2n) is 6.07. The molecule has 0 unspecified atom stereocenters. The third kappa shape index (κ3) is 2.80. The molecule has 4 rings (SSSR count). The number of hydrogen-bond acceptors (Lipinski definition) is 6. The molecule has 0 spiro atoms. The number of nitrogens with zero attached hydrogens (tertiary/aromatic N) is 5. The SMILES string of the molecule is CNc1nc2sc(N(C)CCc3ccccc3)nc2c2c1ncn2C. The van der Waals surface area contributed by atoms with Crippen LogP contribution in [0.4, 0.5) is 10.9 Å². The molecule has 25 heavy (non-hydrogen) atoms. The van der Waals surface area contributed by atoms with E-state index in [4.69, 9.17) is 9.97 Å². The van der Waals surface area contributed by atoms with Crippen molar-refractivity contribution in [2.45, 2.75) is 6.42 Å². The number of likely N-dealkylation sites (N-methyl/N-ethyl adjacent to an activating group) is 1. The molecule has 0 radical (unpaired) electrons. The van der Waals surface area contributed by atoms with Crippen LogP contribution in [0.1, 0.15) is 5.56 Å². The van der Waals surface area contributed by atoms with Crippen LogP contribution in [0.3, 0.4) is 0 Å². The van der Waals surface area contributed by atoms with Gasteiger partial charge in [-0.05, 0) is 12.0 Å². The Labute approximate surface area is 150 Å². The van der Waals surface area contributed by atoms with Crippen LogP contribution in [-0.2, 0) is 13.5 Å². The summed E-state index contributed by atoms with van der Waals surface area (Å²) in [6.07, 6.45) is 2.80. The monoisotopic (exact) mass is 352 g/mol. The van der Waals surface area contributed by atoms with E-state index in [0.29, 0.717) is 0 Å². The average Bonchev–Trinajstić information content (AvgIpc) is 3.23. The minimum Gasteiger partial charge on any atom is -0.371 e. The van der Waals surface area contributed by atoms with Crippen molar-refractivity contribution in [3.8, 4) is 0 Å². The van der Waals surface area contributed by atoms with Crippen molar-refractivity contribution in [3.05, 3.63) is 42.2 Å². The van der Waals surface area contributed by atoms with Gasteiger partial charge in [0.2, 0.25) is 0 Å². The van der Waals surface area contributed by atoms with Crippen LogP contribution < -0.4 is 10.2 Å². The molecule has 0 saturated heterocycles. The molecule has 7 heteroatoms. The second kappa shape index (κ2) is 6.33. The molecule has 0 saturated carbocycles. The normalized spacial score (nSPS) is 11.3. The maximum Gasteiger partial charge on any atom is 0.187 e. The standard InChI is InChI=1S/C18H20N6S/c1-19-16-13-15(24(3)11-20-13)14-17(22-16)25-18(21-14)23(2)10-9-12-7-5-4-6-8-12/h4-8,11H,9-10H2,1-3H3,(H,19,22). The summed E-state index contributed by atoms with van der Waals surface area (Å²) in [5, 5.41) is 4.12. The van der Waals surface area contributed by atoms with E-state index >= 15 is 0 Å². The van der Waals surface area contributed by atoms with Crippen molar-refractivity contribution >= 4 is 43.7 Å². The minimum atomic E-state index is 0.797. The van der Waals surface area contributed by atoms with Crippen molar-refractivity contribution in [3.63, 3.8) is 0 Å². The number of aryl methyl sites for hydroxylation is 1. The van der Waals surface area contributed by atoms with Crippen LogP contribution in [0.15, 0.2) is 36.7 Å². The van der Waals surface area contributed by atoms with Gasteiger partial charge in [0.05, 0.1) is 6.33 Å². The van der Waals surface area contributed by atoms with Crippen molar-refractivity contribution in [2.75, 3.05) is 30.9 Å². The summed E-state index contributed by atoms with van der Waals surface area (Å²) in [5.74, 6) is 0.797. The zero-order chi connectivity index (χ0) is 17.4. The molecule has 0 fully saturated rings. The summed E-state index contributed by atoms with van der Waals surface area (Å²) in [6.45, 7) is 0.914. The van der Waals surface area contributed by atoms with Gasteiger partial charge in [0.15, 0.2) is 10.9 Å². The first kappa shape index (κ1) is 15.8. The van der Waals surface area contributed by atoms with E-state index in [-0.39, 0.29) is 0 Å². The molecule has 128 valence electrons. The molecule has 0 aliphatic heterocycles. The summed E-state index contributed by atoms with van der Waals surface area (Å²) >= 11 is 1.62. The lowest BCUT2D eigenvalue weighted by Gasteiger charge is -2.15. The molecule has 1 N–H and O–H groups in total. The van der Waals surface area contributed by atoms with Gasteiger partial charge in [0.1, 0.15) is 21.4 Å². The molecule has 6 nitrogen and oxygen atoms in total. The Morgan fingerprint density at radius 3 is 2.72 bits per heavy atom. The predicted molar refractivity (Wildman–Crippen MR) is 105 cm³/mol. The second-order valence-corrected chi connectivity index (χ2v) is 7.03. The quantitative estimate of drug-likeness (QED) is 0.597. The highest BCUT2D eigenvalue weighted by Gasteiger charge is 2.17. The van der Waals surface area contributed by atoms with E-state index in [1.807, 2.05) is 31.1 Å². The Morgan fingerprint density at radius 1 is 1.16 bits per heavy atom. The minimum absolute atomic E-state index is 0.797. The van der Waals surface area contributed by atoms with E-state index in [9.17, 15) is 0 Å². The van der Waals surface area contributed by atoms with Crippen LogP contribution >= 0.6 is 11.3 Å². The molecule has 4 aromatic rings. The number of benzene rings is 1. The number of fused-ring (bicyclic) bond motifs is 3. The van der Waals surface area contributed by atoms with E-state index in [2.05, 4.69) is 46.5 Å². The van der Waals surface area contributed by atoms with Crippen LogP contribution in [0.25, 0.3) is 21.4 Å². The highest BCUT2D eigenvalue weighted by molar-refractivity contribution is 7.22. The van der Waals surface area contributed by atoms with Crippen molar-refractivity contribution in [1.29, 1.82) is 0 Å². The number of hydrogen-bond donors (Lipinski definition) is 1. The summed E-state index contributed by atoms with van der Waals surface area (Å²) in [4.78, 5) is 17.1. The van der Waals surface area contributed by atoms with Gasteiger partial charge in [-0.1, -0.05) is 41.7 Å². The number of thiazole rings is 1. The number of rotatable bonds is 5. The third-order valence-electron chi connectivity index (χ3n) is 4.34. The Kier molecular flexibility index (Phi) is 4.01. The lowest BCUT2D eigenvalue weighted by atomic mass is 10.1. The molecule has 3 heterocycles. The van der Waals surface area contributed by atoms with Gasteiger partial charge in [-0.25, -0.2) is 15.0 Å². The van der Waals surface area contributed by atoms with Gasteiger partial charge in [-0.2, -0.15) is 0 Å². The summed E-state index contributed by atoms with van der Waals surface area (Å²) in [6, 6.07) is 10.5. The van der Waals surface area contributed by atoms with Gasteiger partial charge in [0.25, 0.3) is 0 Å². The zero-order valence-electron chi connectivity index (χ0n) is 14.5. The number of aromatic nitrogens is 4. The Bertz CT molecular complexity index is 1020. The molecule has 3 aromatic heterocycles. The van der Waals surface area contributed by atoms with E-state index in [0.717, 1.165) is 45.3 Å². The van der Waals surface area contributed by atoms with Gasteiger partial charge >= 0.3 is 0 Å². The van der Waals surface area contributed by atoms with Crippen LogP contribution in [-0.4, -0.2) is 40.2 Å². The number of pyridine rings is 1. The van der Waals surface area contributed by atoms with E-state index < -0.39 is 0 Å². The summed E-state index contributed by atoms with van der Waals surface area (Å²) < 4.78 is 2.01. The highest BCUT2D eigenvalue weighted by Crippen LogP contribution is 2.34. The molecule has 1 aromatic carbocycles. The molecule has 0 bridgehead atoms. The van der Waals surface area contributed by atoms with E-state index in [1.54, 1.807) is 11.3 Å². The van der Waals surface area contributed by atoms with Gasteiger partial charge < -0.3 is 14.8 Å². The van der Waals surface area contributed by atoms with Crippen LogP contribution in [0, 0.1) is 0 Å². The molecule has 0 aliphatic carbocycles. The first-order valence-corrected chi connectivity index (χ1v) is 9.03. The molecule has 0 aliphatic rings. The Morgan fingerprint density at radius 2 is 1.96 bits per heavy atom. The fourth-order valence-corrected chi connectivity index (χ4v) is 3.88. The van der Waals surface area contributed by atoms with Crippen LogP contribution in [0.5, 0.6) is 0 Å². The topological polar surface area (TPSA) is 58.9 Å². The number of anilines is 2. The summed E-state index contributed by atoms with van der Waals surface area (Å²) in [5.41, 5.74) is 4.13. The fourth-order valence-electron chi connectivity index (χ4n) is 2.94. The Hall–Kier alpha value is -2.67. The highest BCUT2D eigenvalue weighted by atomic mass is 32.1. The molecule has 0 atom stereocenters. The molecular weight excluding hydrogens is 332 g/mol. The maximum atomic E-state index is 4.85. The lowest BCUT2D eigenvalue weighted by molar-refractivity contribution is 0.873. The van der Waals surface area contributed by atoms with E-state index in [1.165, 1.54) is 5.56 Å². The van der Waals surface area contributed by atoms with Gasteiger partial charge in [0, 0.05) is 27.7 Å². The van der Waals surface area contributed by atoms with Gasteiger partial charge in [-0.15, -0.1) is 0 Å². The predicted octanol–water partition coefficient (Wildman–Crippen LogP) is 3.30. The lowest BCUT2D eigenvalue weighted by Crippen LogP contribution is -2.19. The first-order valence-electron chi connectivity index (χ1n) is 8.21. The largest absolute Gasteiger partial charge is 0.371 e. The smallest absolute Gasteiger partial charge is 0.187 e. The number of nitrogens with one attached hydrogen (secondary N) is 1. The molecule has 0 amide bonds. The van der Waals surface area contributed by atoms with Crippen LogP contribution in [0.2, 0.25) is 0 Å². The number of imidazole rings is 1. The summed E-state index contributed by atoms with van der Waals surface area (Å²) in [7, 11) is 5.95.